The van der Waals surface area contributed by atoms with Gasteiger partial charge >= 0.3 is 0 Å². The number of amides is 1. The minimum absolute atomic E-state index is 0.0160. The third kappa shape index (κ3) is 4.22. The van der Waals surface area contributed by atoms with Crippen LogP contribution >= 0.6 is 0 Å². The highest BCUT2D eigenvalue weighted by Gasteiger charge is 2.41. The van der Waals surface area contributed by atoms with Crippen LogP contribution in [0.2, 0.25) is 0 Å². The van der Waals surface area contributed by atoms with Gasteiger partial charge in [-0.2, -0.15) is 0 Å². The Kier molecular flexibility index (Phi) is 5.99. The number of rotatable bonds is 7. The Morgan fingerprint density at radius 1 is 1.31 bits per heavy atom. The van der Waals surface area contributed by atoms with Gasteiger partial charge in [-0.25, -0.2) is 0 Å². The molecule has 0 spiro atoms. The van der Waals surface area contributed by atoms with Crippen LogP contribution in [-0.4, -0.2) is 68.0 Å². The van der Waals surface area contributed by atoms with Gasteiger partial charge in [0.25, 0.3) is 5.91 Å². The first-order valence-electron chi connectivity index (χ1n) is 10.2. The molecule has 1 amide bonds. The Bertz CT molecular complexity index is 868. The normalized spacial score (nSPS) is 23.0. The number of benzene rings is 1. The molecule has 1 aromatic heterocycles. The van der Waals surface area contributed by atoms with E-state index in [1.807, 2.05) is 42.2 Å². The van der Waals surface area contributed by atoms with E-state index >= 15 is 0 Å². The van der Waals surface area contributed by atoms with Crippen LogP contribution in [0.1, 0.15) is 31.5 Å². The van der Waals surface area contributed by atoms with Gasteiger partial charge < -0.3 is 24.4 Å². The summed E-state index contributed by atoms with van der Waals surface area (Å²) in [5, 5.41) is 4.27. The van der Waals surface area contributed by atoms with Crippen LogP contribution in [0, 0.1) is 0 Å². The molecule has 0 unspecified atom stereocenters. The number of hydrogen-bond donors (Lipinski definition) is 1. The highest BCUT2D eigenvalue weighted by molar-refractivity contribution is 5.86. The Balaban J connectivity index is 1.60. The van der Waals surface area contributed by atoms with Crippen LogP contribution in [0.15, 0.2) is 30.3 Å². The second-order valence-corrected chi connectivity index (χ2v) is 7.78. The highest BCUT2D eigenvalue weighted by Crippen LogP contribution is 2.37. The van der Waals surface area contributed by atoms with Gasteiger partial charge in [0, 0.05) is 37.7 Å². The number of pyridine rings is 1. The van der Waals surface area contributed by atoms with E-state index in [0.29, 0.717) is 19.7 Å². The maximum absolute atomic E-state index is 13.4. The zero-order chi connectivity index (χ0) is 20.4. The molecule has 1 saturated carbocycles. The fourth-order valence-electron chi connectivity index (χ4n) is 4.03. The van der Waals surface area contributed by atoms with Crippen molar-refractivity contribution in [3.8, 4) is 5.75 Å². The molecule has 1 aliphatic carbocycles. The second-order valence-electron chi connectivity index (χ2n) is 7.78. The summed E-state index contributed by atoms with van der Waals surface area (Å²) < 4.78 is 16.8. The molecule has 4 rings (SSSR count). The maximum atomic E-state index is 13.4. The van der Waals surface area contributed by atoms with E-state index in [-0.39, 0.29) is 24.1 Å². The van der Waals surface area contributed by atoms with E-state index in [9.17, 15) is 4.79 Å². The zero-order valence-corrected chi connectivity index (χ0v) is 17.3. The van der Waals surface area contributed by atoms with Gasteiger partial charge in [-0.05, 0) is 31.9 Å². The van der Waals surface area contributed by atoms with Crippen molar-refractivity contribution in [2.75, 3.05) is 33.9 Å². The molecule has 1 saturated heterocycles. The van der Waals surface area contributed by atoms with E-state index in [4.69, 9.17) is 19.2 Å². The molecule has 0 radical (unpaired) electrons. The van der Waals surface area contributed by atoms with E-state index in [1.165, 1.54) is 0 Å². The van der Waals surface area contributed by atoms with Crippen molar-refractivity contribution >= 4 is 16.8 Å². The summed E-state index contributed by atoms with van der Waals surface area (Å²) in [4.78, 5) is 20.2. The molecule has 156 valence electrons. The summed E-state index contributed by atoms with van der Waals surface area (Å²) >= 11 is 0. The Morgan fingerprint density at radius 2 is 2.10 bits per heavy atom. The van der Waals surface area contributed by atoms with Crippen LogP contribution in [-0.2, 0) is 14.3 Å². The van der Waals surface area contributed by atoms with Crippen molar-refractivity contribution in [2.45, 2.75) is 44.1 Å². The predicted molar refractivity (Wildman–Crippen MR) is 110 cm³/mol. The average Bonchev–Trinajstić information content (AvgIpc) is 3.58. The third-order valence-electron chi connectivity index (χ3n) is 5.64. The second kappa shape index (κ2) is 8.65. The predicted octanol–water partition coefficient (Wildman–Crippen LogP) is 2.30. The Morgan fingerprint density at radius 3 is 2.83 bits per heavy atom. The molecule has 7 nitrogen and oxygen atoms in total. The number of fused-ring (bicyclic) bond motifs is 1. The molecule has 0 bridgehead atoms. The van der Waals surface area contributed by atoms with Crippen molar-refractivity contribution in [3.05, 3.63) is 36.0 Å². The van der Waals surface area contributed by atoms with Gasteiger partial charge in [0.1, 0.15) is 11.9 Å². The van der Waals surface area contributed by atoms with Crippen molar-refractivity contribution in [2.24, 2.45) is 0 Å². The van der Waals surface area contributed by atoms with Crippen LogP contribution in [0.4, 0.5) is 0 Å². The summed E-state index contributed by atoms with van der Waals surface area (Å²) in [5.41, 5.74) is 1.70. The smallest absolute Gasteiger partial charge is 0.253 e. The number of morpholine rings is 1. The number of nitrogens with one attached hydrogen (secondary N) is 1. The molecule has 1 N–H and O–H groups in total. The molecule has 1 aromatic carbocycles. The monoisotopic (exact) mass is 399 g/mol. The summed E-state index contributed by atoms with van der Waals surface area (Å²) in [6.45, 7) is 3.72. The van der Waals surface area contributed by atoms with Crippen molar-refractivity contribution in [1.82, 2.24) is 15.2 Å². The topological polar surface area (TPSA) is 72.9 Å². The zero-order valence-electron chi connectivity index (χ0n) is 17.3. The molecule has 2 aromatic rings. The van der Waals surface area contributed by atoms with Crippen molar-refractivity contribution in [3.63, 3.8) is 0 Å². The lowest BCUT2D eigenvalue weighted by molar-refractivity contribution is -0.156. The fraction of sp³-hybridized carbons (Fsp3) is 0.545. The van der Waals surface area contributed by atoms with Crippen LogP contribution in [0.5, 0.6) is 5.75 Å². The van der Waals surface area contributed by atoms with E-state index < -0.39 is 6.10 Å². The molecule has 29 heavy (non-hydrogen) atoms. The minimum atomic E-state index is -0.505. The summed E-state index contributed by atoms with van der Waals surface area (Å²) in [5.74, 6) is 0.790. The molecule has 1 aliphatic heterocycles. The standard InChI is InChI=1S/C22H29N3O4/c1-14(19-10-20(28-3)17-6-4-5-7-18(17)24-19)25(15-8-9-15)22(26)21-12-23-11-16(29-21)13-27-2/h4-7,10,14-16,21,23H,8-9,11-13H2,1-3H3/t14-,16+,21-/m1/s1. The van der Waals surface area contributed by atoms with Gasteiger partial charge in [0.15, 0.2) is 0 Å². The number of methoxy groups -OCH3 is 2. The van der Waals surface area contributed by atoms with Crippen LogP contribution in [0.25, 0.3) is 10.9 Å². The van der Waals surface area contributed by atoms with Gasteiger partial charge in [-0.3, -0.25) is 9.78 Å². The van der Waals surface area contributed by atoms with Gasteiger partial charge in [0.05, 0.1) is 37.1 Å². The lowest BCUT2D eigenvalue weighted by atomic mass is 10.1. The lowest BCUT2D eigenvalue weighted by Crippen LogP contribution is -2.54. The molecule has 2 heterocycles. The third-order valence-corrected chi connectivity index (χ3v) is 5.64. The number of carbonyl (C=O) groups excluding carboxylic acids is 1. The fourth-order valence-corrected chi connectivity index (χ4v) is 4.03. The average molecular weight is 399 g/mol. The minimum Gasteiger partial charge on any atom is -0.496 e. The molecular formula is C22H29N3O4. The summed E-state index contributed by atoms with van der Waals surface area (Å²) in [7, 11) is 3.31. The van der Waals surface area contributed by atoms with Crippen LogP contribution < -0.4 is 10.1 Å². The quantitative estimate of drug-likeness (QED) is 0.770. The van der Waals surface area contributed by atoms with Gasteiger partial charge in [0.2, 0.25) is 0 Å². The first-order chi connectivity index (χ1) is 14.1. The summed E-state index contributed by atoms with van der Waals surface area (Å²) in [6, 6.07) is 9.92. The lowest BCUT2D eigenvalue weighted by Gasteiger charge is -2.36. The van der Waals surface area contributed by atoms with E-state index in [1.54, 1.807) is 14.2 Å². The van der Waals surface area contributed by atoms with Crippen molar-refractivity contribution in [1.29, 1.82) is 0 Å². The van der Waals surface area contributed by atoms with Crippen LogP contribution in [0.3, 0.4) is 0 Å². The largest absolute Gasteiger partial charge is 0.496 e. The van der Waals surface area contributed by atoms with E-state index in [2.05, 4.69) is 5.32 Å². The van der Waals surface area contributed by atoms with E-state index in [0.717, 1.165) is 35.2 Å². The molecule has 7 heteroatoms. The number of aromatic nitrogens is 1. The number of hydrogen-bond acceptors (Lipinski definition) is 6. The highest BCUT2D eigenvalue weighted by atomic mass is 16.5. The van der Waals surface area contributed by atoms with Gasteiger partial charge in [-0.1, -0.05) is 12.1 Å². The first kappa shape index (κ1) is 20.1. The first-order valence-corrected chi connectivity index (χ1v) is 10.2. The van der Waals surface area contributed by atoms with Crippen molar-refractivity contribution < 1.29 is 19.0 Å². The number of para-hydroxylation sites is 1. The Labute approximate surface area is 171 Å². The Hall–Kier alpha value is -2.22. The number of carbonyl (C=O) groups is 1. The number of nitrogens with zero attached hydrogens (tertiary/aromatic N) is 2. The number of ether oxygens (including phenoxy) is 3. The molecular weight excluding hydrogens is 370 g/mol. The molecule has 3 atom stereocenters. The maximum Gasteiger partial charge on any atom is 0.253 e. The molecule has 2 fully saturated rings. The summed E-state index contributed by atoms with van der Waals surface area (Å²) in [6.07, 6.45) is 1.41. The molecule has 2 aliphatic rings. The SMILES string of the molecule is COC[C@@H]1CNC[C@H](C(=O)N(C2CC2)[C@H](C)c2cc(OC)c3ccccc3n2)O1. The van der Waals surface area contributed by atoms with Gasteiger partial charge in [-0.15, -0.1) is 0 Å².